The van der Waals surface area contributed by atoms with Crippen LogP contribution < -0.4 is 10.6 Å². The Labute approximate surface area is 186 Å². The number of anilines is 1. The summed E-state index contributed by atoms with van der Waals surface area (Å²) in [5, 5.41) is 7.14. The quantitative estimate of drug-likeness (QED) is 0.411. The first kappa shape index (κ1) is 20.8. The second-order valence-electron chi connectivity index (χ2n) is 8.10. The van der Waals surface area contributed by atoms with Gasteiger partial charge in [-0.2, -0.15) is 13.2 Å². The van der Waals surface area contributed by atoms with Gasteiger partial charge in [-0.3, -0.25) is 4.79 Å². The molecule has 5 rings (SSSR count). The molecule has 1 aliphatic carbocycles. The van der Waals surface area contributed by atoms with Crippen LogP contribution in [-0.4, -0.2) is 27.4 Å². The smallest absolute Gasteiger partial charge is 0.382 e. The van der Waals surface area contributed by atoms with Gasteiger partial charge in [0.1, 0.15) is 10.5 Å². The zero-order valence-corrected chi connectivity index (χ0v) is 17.8. The maximum Gasteiger partial charge on any atom is 0.425 e. The summed E-state index contributed by atoms with van der Waals surface area (Å²) in [6.07, 6.45) is 4.20. The normalized spacial score (nSPS) is 19.3. The SMILES string of the molecule is O=C(NC1CCC(Nc2cccc3sc(C(F)(F)F)cc23)CC1)c1ccc2nccn2c1. The van der Waals surface area contributed by atoms with E-state index in [1.165, 1.54) is 6.07 Å². The molecule has 0 bridgehead atoms. The number of carbonyl (C=O) groups excluding carboxylic acids is 1. The van der Waals surface area contributed by atoms with Crippen LogP contribution in [0.4, 0.5) is 18.9 Å². The highest BCUT2D eigenvalue weighted by atomic mass is 32.1. The molecule has 0 radical (unpaired) electrons. The van der Waals surface area contributed by atoms with Gasteiger partial charge in [-0.05, 0) is 56.0 Å². The van der Waals surface area contributed by atoms with E-state index in [-0.39, 0.29) is 18.0 Å². The minimum absolute atomic E-state index is 0.0767. The number of pyridine rings is 1. The third kappa shape index (κ3) is 4.17. The number of nitrogens with one attached hydrogen (secondary N) is 2. The molecule has 0 spiro atoms. The maximum absolute atomic E-state index is 13.1. The van der Waals surface area contributed by atoms with Gasteiger partial charge in [-0.25, -0.2) is 4.98 Å². The van der Waals surface area contributed by atoms with Gasteiger partial charge >= 0.3 is 6.18 Å². The number of rotatable bonds is 4. The van der Waals surface area contributed by atoms with Gasteiger partial charge in [-0.15, -0.1) is 11.3 Å². The Kier molecular flexibility index (Phi) is 5.28. The summed E-state index contributed by atoms with van der Waals surface area (Å²) in [5.74, 6) is -0.111. The van der Waals surface area contributed by atoms with Crippen molar-refractivity contribution in [1.82, 2.24) is 14.7 Å². The monoisotopic (exact) mass is 458 g/mol. The van der Waals surface area contributed by atoms with E-state index in [9.17, 15) is 18.0 Å². The van der Waals surface area contributed by atoms with Crippen LogP contribution in [0.1, 0.15) is 40.9 Å². The molecule has 1 fully saturated rings. The summed E-state index contributed by atoms with van der Waals surface area (Å²) >= 11 is 0.769. The lowest BCUT2D eigenvalue weighted by Crippen LogP contribution is -2.40. The summed E-state index contributed by atoms with van der Waals surface area (Å²) in [7, 11) is 0. The lowest BCUT2D eigenvalue weighted by Gasteiger charge is -2.30. The second kappa shape index (κ2) is 8.12. The fourth-order valence-electron chi connectivity index (χ4n) is 4.25. The molecule has 1 aromatic carbocycles. The number of halogens is 3. The Balaban J connectivity index is 1.20. The Morgan fingerprint density at radius 2 is 1.88 bits per heavy atom. The van der Waals surface area contributed by atoms with Crippen molar-refractivity contribution in [3.05, 3.63) is 65.4 Å². The number of nitrogens with zero attached hydrogens (tertiary/aromatic N) is 2. The lowest BCUT2D eigenvalue weighted by atomic mass is 9.90. The Morgan fingerprint density at radius 1 is 1.09 bits per heavy atom. The van der Waals surface area contributed by atoms with Crippen LogP contribution in [0.2, 0.25) is 0 Å². The zero-order chi connectivity index (χ0) is 22.3. The number of imidazole rings is 1. The molecule has 0 saturated heterocycles. The van der Waals surface area contributed by atoms with Gasteiger partial charge in [0, 0.05) is 46.4 Å². The van der Waals surface area contributed by atoms with Gasteiger partial charge < -0.3 is 15.0 Å². The van der Waals surface area contributed by atoms with Crippen LogP contribution in [0.3, 0.4) is 0 Å². The van der Waals surface area contributed by atoms with Crippen molar-refractivity contribution in [2.45, 2.75) is 43.9 Å². The first-order valence-electron chi connectivity index (χ1n) is 10.5. The lowest BCUT2D eigenvalue weighted by molar-refractivity contribution is -0.134. The molecule has 166 valence electrons. The highest BCUT2D eigenvalue weighted by molar-refractivity contribution is 7.19. The molecule has 3 aromatic heterocycles. The summed E-state index contributed by atoms with van der Waals surface area (Å²) in [6, 6.07) is 10.4. The van der Waals surface area contributed by atoms with Gasteiger partial charge in [0.2, 0.25) is 0 Å². The summed E-state index contributed by atoms with van der Waals surface area (Å²) < 4.78 is 41.7. The van der Waals surface area contributed by atoms with Crippen LogP contribution in [0.15, 0.2) is 55.0 Å². The number of benzene rings is 1. The van der Waals surface area contributed by atoms with Crippen LogP contribution in [0.25, 0.3) is 15.7 Å². The molecule has 1 aliphatic rings. The van der Waals surface area contributed by atoms with Crippen LogP contribution in [0.5, 0.6) is 0 Å². The Bertz CT molecular complexity index is 1270. The molecule has 2 N–H and O–H groups in total. The summed E-state index contributed by atoms with van der Waals surface area (Å²) in [5.41, 5.74) is 2.10. The number of amides is 1. The number of hydrogen-bond donors (Lipinski definition) is 2. The van der Waals surface area contributed by atoms with Gasteiger partial charge in [0.15, 0.2) is 0 Å². The molecular weight excluding hydrogens is 437 g/mol. The van der Waals surface area contributed by atoms with Crippen molar-refractivity contribution in [3.63, 3.8) is 0 Å². The molecule has 32 heavy (non-hydrogen) atoms. The standard InChI is InChI=1S/C23H21F3N4OS/c24-23(25,26)20-12-17-18(2-1-3-19(17)32-20)28-15-5-7-16(8-6-15)29-22(31)14-4-9-21-27-10-11-30(21)13-14/h1-4,9-13,15-16,28H,5-8H2,(H,29,31). The van der Waals surface area contributed by atoms with E-state index in [0.29, 0.717) is 15.6 Å². The largest absolute Gasteiger partial charge is 0.425 e. The van der Waals surface area contributed by atoms with Gasteiger partial charge in [0.05, 0.1) is 5.56 Å². The van der Waals surface area contributed by atoms with E-state index in [1.54, 1.807) is 36.8 Å². The van der Waals surface area contributed by atoms with E-state index in [2.05, 4.69) is 15.6 Å². The maximum atomic E-state index is 13.1. The third-order valence-corrected chi connectivity index (χ3v) is 7.06. The number of aromatic nitrogens is 2. The van der Waals surface area contributed by atoms with Crippen molar-refractivity contribution in [2.75, 3.05) is 5.32 Å². The number of fused-ring (bicyclic) bond motifs is 2. The predicted octanol–water partition coefficient (Wildman–Crippen LogP) is 5.72. The fraction of sp³-hybridized carbons (Fsp3) is 0.304. The first-order valence-corrected chi connectivity index (χ1v) is 11.3. The average Bonchev–Trinajstić information content (AvgIpc) is 3.42. The third-order valence-electron chi connectivity index (χ3n) is 5.91. The highest BCUT2D eigenvalue weighted by Gasteiger charge is 2.33. The number of hydrogen-bond acceptors (Lipinski definition) is 4. The van der Waals surface area contributed by atoms with Gasteiger partial charge in [0.25, 0.3) is 5.91 Å². The van der Waals surface area contributed by atoms with E-state index in [4.69, 9.17) is 0 Å². The molecule has 3 heterocycles. The molecule has 5 nitrogen and oxygen atoms in total. The average molecular weight is 459 g/mol. The molecule has 9 heteroatoms. The molecule has 4 aromatic rings. The van der Waals surface area contributed by atoms with E-state index in [1.807, 2.05) is 16.5 Å². The Morgan fingerprint density at radius 3 is 2.66 bits per heavy atom. The van der Waals surface area contributed by atoms with Crippen molar-refractivity contribution in [2.24, 2.45) is 0 Å². The van der Waals surface area contributed by atoms with E-state index >= 15 is 0 Å². The highest BCUT2D eigenvalue weighted by Crippen LogP contribution is 2.40. The fourth-order valence-corrected chi connectivity index (χ4v) is 5.21. The molecule has 1 saturated carbocycles. The summed E-state index contributed by atoms with van der Waals surface area (Å²) in [6.45, 7) is 0. The molecule has 0 unspecified atom stereocenters. The van der Waals surface area contributed by atoms with Crippen molar-refractivity contribution in [3.8, 4) is 0 Å². The van der Waals surface area contributed by atoms with Crippen LogP contribution in [-0.2, 0) is 6.18 Å². The van der Waals surface area contributed by atoms with Gasteiger partial charge in [-0.1, -0.05) is 6.07 Å². The van der Waals surface area contributed by atoms with Crippen molar-refractivity contribution >= 4 is 38.7 Å². The minimum Gasteiger partial charge on any atom is -0.382 e. The topological polar surface area (TPSA) is 58.4 Å². The number of carbonyl (C=O) groups is 1. The Hall–Kier alpha value is -3.07. The van der Waals surface area contributed by atoms with Crippen molar-refractivity contribution in [1.29, 1.82) is 0 Å². The predicted molar refractivity (Wildman–Crippen MR) is 119 cm³/mol. The molecule has 0 atom stereocenters. The van der Waals surface area contributed by atoms with Crippen molar-refractivity contribution < 1.29 is 18.0 Å². The zero-order valence-electron chi connectivity index (χ0n) is 17.0. The molecule has 0 aliphatic heterocycles. The van der Waals surface area contributed by atoms with Crippen LogP contribution >= 0.6 is 11.3 Å². The number of alkyl halides is 3. The first-order chi connectivity index (χ1) is 15.4. The van der Waals surface area contributed by atoms with E-state index in [0.717, 1.165) is 48.4 Å². The second-order valence-corrected chi connectivity index (χ2v) is 9.19. The molecular formula is C23H21F3N4OS. The summed E-state index contributed by atoms with van der Waals surface area (Å²) in [4.78, 5) is 16.2. The van der Waals surface area contributed by atoms with Crippen LogP contribution in [0, 0.1) is 0 Å². The van der Waals surface area contributed by atoms with E-state index < -0.39 is 11.1 Å². The number of thiophene rings is 1. The minimum atomic E-state index is -4.33. The molecule has 1 amide bonds.